The number of carbonyl (C=O) groups is 5. The molecule has 0 radical (unpaired) electrons. The van der Waals surface area contributed by atoms with Gasteiger partial charge in [-0.3, -0.25) is 19.3 Å². The quantitative estimate of drug-likeness (QED) is 0.0576. The zero-order valence-electron chi connectivity index (χ0n) is 30.9. The molecular weight excluding hydrogens is 636 g/mol. The number of rotatable bonds is 30. The fourth-order valence-corrected chi connectivity index (χ4v) is 5.14. The van der Waals surface area contributed by atoms with Gasteiger partial charge in [0.1, 0.15) is 6.04 Å². The van der Waals surface area contributed by atoms with Crippen LogP contribution >= 0.6 is 0 Å². The fraction of sp³-hybridized carbons (Fsp3) is 0.857. The maximum atomic E-state index is 12.9. The second-order valence-corrected chi connectivity index (χ2v) is 12.3. The standard InChI is InChI=1S/C29H53NO6.C6H14N2O2.2Na/c1-3-5-7-9-11-13-15-17-19-21-26(31)30(25(29(35)36)23-24-28(33)34)27(32)22-20-18-16-14-12-10-8-6-4-2;7-4-2-1-3-5(8)6(9)10;;/h25H,3-24H2,1-2H3,(H,33,34)(H,35,36);5H,1-4,7-8H2,(H,9,10);;/q;;2*+1/p-2. The zero-order chi connectivity index (χ0) is 35.0. The van der Waals surface area contributed by atoms with Gasteiger partial charge < -0.3 is 36.4 Å². The number of nitrogens with zero attached hydrogens (tertiary/aromatic N) is 1. The molecule has 0 aliphatic carbocycles. The average Bonchev–Trinajstić information content (AvgIpc) is 3.01. The molecule has 0 aliphatic heterocycles. The van der Waals surface area contributed by atoms with Crippen LogP contribution in [-0.2, 0) is 24.0 Å². The Morgan fingerprint density at radius 2 is 0.958 bits per heavy atom. The van der Waals surface area contributed by atoms with Crippen molar-refractivity contribution in [3.63, 3.8) is 0 Å². The molecule has 48 heavy (non-hydrogen) atoms. The first-order valence-corrected chi connectivity index (χ1v) is 18.0. The molecule has 0 aromatic rings. The third-order valence-electron chi connectivity index (χ3n) is 8.02. The summed E-state index contributed by atoms with van der Waals surface area (Å²) in [5.41, 5.74) is 10.4. The van der Waals surface area contributed by atoms with Gasteiger partial charge in [-0.2, -0.15) is 0 Å². The van der Waals surface area contributed by atoms with Crippen LogP contribution in [0.5, 0.6) is 0 Å². The van der Waals surface area contributed by atoms with Crippen LogP contribution in [0.15, 0.2) is 0 Å². The molecule has 5 N–H and O–H groups in total. The molecule has 0 fully saturated rings. The van der Waals surface area contributed by atoms with E-state index >= 15 is 0 Å². The van der Waals surface area contributed by atoms with E-state index in [9.17, 15) is 34.2 Å². The van der Waals surface area contributed by atoms with E-state index in [2.05, 4.69) is 13.8 Å². The van der Waals surface area contributed by atoms with Crippen molar-refractivity contribution in [2.75, 3.05) is 6.54 Å². The van der Waals surface area contributed by atoms with E-state index in [4.69, 9.17) is 16.6 Å². The van der Waals surface area contributed by atoms with Crippen molar-refractivity contribution in [2.24, 2.45) is 11.5 Å². The molecule has 0 aliphatic rings. The minimum Gasteiger partial charge on any atom is -0.550 e. The topological polar surface area (TPSA) is 207 Å². The molecule has 0 spiro atoms. The van der Waals surface area contributed by atoms with Gasteiger partial charge in [-0.25, -0.2) is 0 Å². The first kappa shape index (κ1) is 54.2. The van der Waals surface area contributed by atoms with Crippen molar-refractivity contribution in [3.8, 4) is 0 Å². The van der Waals surface area contributed by atoms with Crippen LogP contribution in [0.25, 0.3) is 0 Å². The summed E-state index contributed by atoms with van der Waals surface area (Å²) >= 11 is 0. The molecule has 0 saturated heterocycles. The third-order valence-corrected chi connectivity index (χ3v) is 8.02. The first-order chi connectivity index (χ1) is 22.0. The third kappa shape index (κ3) is 33.9. The Kier molecular flexibility index (Phi) is 44.4. The van der Waals surface area contributed by atoms with Crippen molar-refractivity contribution < 1.29 is 98.4 Å². The number of carboxylic acids is 3. The van der Waals surface area contributed by atoms with Gasteiger partial charge in [0, 0.05) is 18.8 Å². The molecular formula is C35H65N3Na2O8. The number of imide groups is 1. The molecule has 2 atom stereocenters. The maximum Gasteiger partial charge on any atom is 1.00 e. The molecule has 2 unspecified atom stereocenters. The molecule has 0 aromatic carbocycles. The molecule has 2 amide bonds. The number of carbonyl (C=O) groups excluding carboxylic acids is 4. The van der Waals surface area contributed by atoms with Crippen LogP contribution < -0.4 is 80.8 Å². The number of amides is 2. The summed E-state index contributed by atoms with van der Waals surface area (Å²) in [5.74, 6) is -5.05. The van der Waals surface area contributed by atoms with Crippen molar-refractivity contribution in [2.45, 2.75) is 186 Å². The smallest absolute Gasteiger partial charge is 0.550 e. The minimum atomic E-state index is -1.60. The Hall–Kier alpha value is -0.530. The zero-order valence-corrected chi connectivity index (χ0v) is 34.9. The molecule has 0 aromatic heterocycles. The Labute approximate surface area is 335 Å². The average molecular weight is 702 g/mol. The van der Waals surface area contributed by atoms with Gasteiger partial charge in [0.2, 0.25) is 11.8 Å². The molecule has 13 heteroatoms. The van der Waals surface area contributed by atoms with Crippen LogP contribution in [0.2, 0.25) is 0 Å². The molecule has 0 heterocycles. The largest absolute Gasteiger partial charge is 1.00 e. The number of aliphatic carboxylic acids is 3. The second kappa shape index (κ2) is 39.3. The Balaban J connectivity index is -0.000000694. The van der Waals surface area contributed by atoms with Gasteiger partial charge >= 0.3 is 65.1 Å². The van der Waals surface area contributed by atoms with Gasteiger partial charge in [0.25, 0.3) is 0 Å². The predicted molar refractivity (Wildman–Crippen MR) is 177 cm³/mol. The van der Waals surface area contributed by atoms with Crippen molar-refractivity contribution in [3.05, 3.63) is 0 Å². The molecule has 0 bridgehead atoms. The number of nitrogens with two attached hydrogens (primary N) is 2. The predicted octanol–water partition coefficient (Wildman–Crippen LogP) is -1.63. The summed E-state index contributed by atoms with van der Waals surface area (Å²) in [5, 5.41) is 30.9. The van der Waals surface area contributed by atoms with Crippen LogP contribution in [0.3, 0.4) is 0 Å². The summed E-state index contributed by atoms with van der Waals surface area (Å²) in [7, 11) is 0. The van der Waals surface area contributed by atoms with E-state index in [0.717, 1.165) is 56.3 Å². The Morgan fingerprint density at radius 1 is 0.583 bits per heavy atom. The molecule has 11 nitrogen and oxygen atoms in total. The van der Waals surface area contributed by atoms with Crippen LogP contribution in [-0.4, -0.2) is 58.4 Å². The van der Waals surface area contributed by atoms with E-state index in [1.807, 2.05) is 0 Å². The number of hydrogen-bond donors (Lipinski definition) is 3. The van der Waals surface area contributed by atoms with E-state index < -0.39 is 54.6 Å². The van der Waals surface area contributed by atoms with Crippen LogP contribution in [0.1, 0.15) is 174 Å². The summed E-state index contributed by atoms with van der Waals surface area (Å²) in [6.07, 6.45) is 20.7. The van der Waals surface area contributed by atoms with Gasteiger partial charge in [0.05, 0.1) is 12.0 Å². The van der Waals surface area contributed by atoms with Crippen molar-refractivity contribution in [1.29, 1.82) is 0 Å². The number of unbranched alkanes of at least 4 members (excludes halogenated alkanes) is 17. The van der Waals surface area contributed by atoms with E-state index in [0.29, 0.717) is 25.8 Å². The van der Waals surface area contributed by atoms with E-state index in [1.54, 1.807) is 0 Å². The van der Waals surface area contributed by atoms with Gasteiger partial charge in [0.15, 0.2) is 0 Å². The van der Waals surface area contributed by atoms with Crippen molar-refractivity contribution >= 4 is 29.7 Å². The summed E-state index contributed by atoms with van der Waals surface area (Å²) in [6.45, 7) is 4.97. The summed E-state index contributed by atoms with van der Waals surface area (Å²) in [4.78, 5) is 59.3. The Bertz CT molecular complexity index is 787. The number of hydrogen-bond acceptors (Lipinski definition) is 9. The Morgan fingerprint density at radius 3 is 1.27 bits per heavy atom. The van der Waals surface area contributed by atoms with Crippen molar-refractivity contribution in [1.82, 2.24) is 4.90 Å². The molecule has 0 saturated carbocycles. The number of carboxylic acid groups (broad SMARTS) is 3. The monoisotopic (exact) mass is 701 g/mol. The van der Waals surface area contributed by atoms with Crippen LogP contribution in [0, 0.1) is 0 Å². The molecule has 0 rings (SSSR count). The van der Waals surface area contributed by atoms with Gasteiger partial charge in [-0.1, -0.05) is 123 Å². The van der Waals surface area contributed by atoms with E-state index in [-0.39, 0.29) is 72.0 Å². The summed E-state index contributed by atoms with van der Waals surface area (Å²) < 4.78 is 0. The first-order valence-electron chi connectivity index (χ1n) is 18.0. The van der Waals surface area contributed by atoms with E-state index in [1.165, 1.54) is 64.2 Å². The maximum absolute atomic E-state index is 12.9. The SMILES string of the molecule is CCCCCCCCCCCC(=O)N(C(=O)CCCCCCCCCCC)C(CCC(=O)[O-])C(=O)[O-].NCCCCC(N)C(=O)O.[Na+].[Na+]. The minimum absolute atomic E-state index is 0. The van der Waals surface area contributed by atoms with Gasteiger partial charge in [-0.05, 0) is 45.1 Å². The van der Waals surface area contributed by atoms with Gasteiger partial charge in [-0.15, -0.1) is 0 Å². The normalized spacial score (nSPS) is 11.6. The molecule has 270 valence electrons. The fourth-order valence-electron chi connectivity index (χ4n) is 5.14. The summed E-state index contributed by atoms with van der Waals surface area (Å²) in [6, 6.07) is -2.29. The second-order valence-electron chi connectivity index (χ2n) is 12.3. The van der Waals surface area contributed by atoms with Crippen LogP contribution in [0.4, 0.5) is 0 Å².